The summed E-state index contributed by atoms with van der Waals surface area (Å²) in [7, 11) is 0. The molecule has 0 saturated carbocycles. The van der Waals surface area contributed by atoms with Gasteiger partial charge >= 0.3 is 30.8 Å². The number of aromatic carboxylic acids is 1. The second kappa shape index (κ2) is 19.0. The molecule has 0 saturated heterocycles. The van der Waals surface area contributed by atoms with Gasteiger partial charge in [-0.05, 0) is 67.3 Å². The first-order chi connectivity index (χ1) is 23.4. The van der Waals surface area contributed by atoms with E-state index in [1.54, 1.807) is 62.0 Å². The molecule has 2 unspecified atom stereocenters. The van der Waals surface area contributed by atoms with Crippen LogP contribution in [0.25, 0.3) is 22.3 Å². The molecule has 0 aliphatic heterocycles. The second-order valence-electron chi connectivity index (χ2n) is 11.0. The minimum atomic E-state index is -0.920. The minimum absolute atomic E-state index is 0. The molecule has 2 aromatic carbocycles. The molecule has 0 spiro atoms. The number of imidazole rings is 2. The van der Waals surface area contributed by atoms with E-state index in [1.165, 1.54) is 0 Å². The van der Waals surface area contributed by atoms with Crippen molar-refractivity contribution in [2.75, 3.05) is 6.61 Å². The van der Waals surface area contributed by atoms with Gasteiger partial charge in [-0.2, -0.15) is 0 Å². The van der Waals surface area contributed by atoms with Crippen LogP contribution in [-0.2, 0) is 4.74 Å². The van der Waals surface area contributed by atoms with E-state index in [0.717, 1.165) is 46.5 Å². The van der Waals surface area contributed by atoms with E-state index in [4.69, 9.17) is 9.84 Å². The van der Waals surface area contributed by atoms with E-state index in [0.29, 0.717) is 12.2 Å². The number of benzene rings is 2. The van der Waals surface area contributed by atoms with Crippen molar-refractivity contribution >= 4 is 11.9 Å². The average Bonchev–Trinajstić information content (AvgIpc) is 3.86. The molecule has 11 nitrogen and oxygen atoms in total. The number of ether oxygens (including phenoxy) is 1. The Hall–Kier alpha value is -5.34. The number of aromatic nitrogens is 6. The van der Waals surface area contributed by atoms with Crippen molar-refractivity contribution < 1.29 is 43.8 Å². The topological polar surface area (TPSA) is 155 Å². The van der Waals surface area contributed by atoms with Gasteiger partial charge in [-0.15, -0.1) is 0 Å². The molecule has 6 aromatic rings. The SMILES string of the molecule is CCC(c1ccc(-c2ccc(C(=O)O)cc2)cn1)n1ccnc1.CCOC(=O)c1ccc(-c2ccc(C(CC)n3ccnc3)nc2)cc1.[Li+].[OH-]. The van der Waals surface area contributed by atoms with Crippen LogP contribution in [0.5, 0.6) is 0 Å². The van der Waals surface area contributed by atoms with Gasteiger partial charge in [0.15, 0.2) is 0 Å². The number of pyridine rings is 2. The maximum absolute atomic E-state index is 11.7. The number of carboxylic acids is 1. The van der Waals surface area contributed by atoms with Crippen LogP contribution in [-0.4, -0.2) is 58.2 Å². The zero-order valence-corrected chi connectivity index (χ0v) is 28.6. The van der Waals surface area contributed by atoms with Gasteiger partial charge in [0.1, 0.15) is 0 Å². The number of hydrogen-bond donors (Lipinski definition) is 1. The quantitative estimate of drug-likeness (QED) is 0.154. The number of esters is 1. The monoisotopic (exact) mass is 666 g/mol. The molecule has 2 N–H and O–H groups in total. The standard InChI is InChI=1S/C20H21N3O2.C18H17N3O2.Li.H2O/c1-3-19(23-12-11-21-14-23)18-10-9-17(13-22-18)15-5-7-16(8-6-15)20(24)25-4-2;1-2-17(21-10-9-19-12-21)16-8-7-15(11-20-16)13-3-5-14(6-4-13)18(22)23;;/h5-14,19H,3-4H2,1-2H3;3-12,17H,2H2,1H3,(H,22,23);;1H2/q;;+1;/p-1. The van der Waals surface area contributed by atoms with Gasteiger partial charge < -0.3 is 24.5 Å². The van der Waals surface area contributed by atoms with Crippen LogP contribution >= 0.6 is 0 Å². The van der Waals surface area contributed by atoms with Crippen molar-refractivity contribution in [1.82, 2.24) is 29.1 Å². The molecule has 50 heavy (non-hydrogen) atoms. The van der Waals surface area contributed by atoms with Crippen LogP contribution in [0.15, 0.2) is 123 Å². The molecular weight excluding hydrogens is 627 g/mol. The molecule has 6 rings (SSSR count). The number of carboxylic acid groups (broad SMARTS) is 1. The summed E-state index contributed by atoms with van der Waals surface area (Å²) in [6.07, 6.45) is 16.6. The molecule has 252 valence electrons. The van der Waals surface area contributed by atoms with Crippen molar-refractivity contribution in [1.29, 1.82) is 0 Å². The minimum Gasteiger partial charge on any atom is -0.870 e. The summed E-state index contributed by atoms with van der Waals surface area (Å²) in [5.74, 6) is -1.22. The van der Waals surface area contributed by atoms with Crippen molar-refractivity contribution in [3.63, 3.8) is 0 Å². The Morgan fingerprint density at radius 1 is 0.660 bits per heavy atom. The van der Waals surface area contributed by atoms with E-state index in [2.05, 4.69) is 44.4 Å². The molecule has 0 aliphatic carbocycles. The summed E-state index contributed by atoms with van der Waals surface area (Å²) in [6.45, 7) is 6.42. The van der Waals surface area contributed by atoms with Gasteiger partial charge in [-0.25, -0.2) is 19.6 Å². The smallest absolute Gasteiger partial charge is 0.870 e. The predicted molar refractivity (Wildman–Crippen MR) is 186 cm³/mol. The second-order valence-corrected chi connectivity index (χ2v) is 11.0. The van der Waals surface area contributed by atoms with Gasteiger partial charge in [0.2, 0.25) is 0 Å². The Morgan fingerprint density at radius 3 is 1.40 bits per heavy atom. The van der Waals surface area contributed by atoms with Crippen molar-refractivity contribution in [3.05, 3.63) is 145 Å². The van der Waals surface area contributed by atoms with E-state index >= 15 is 0 Å². The molecule has 2 atom stereocenters. The third-order valence-electron chi connectivity index (χ3n) is 7.99. The third kappa shape index (κ3) is 9.63. The zero-order chi connectivity index (χ0) is 33.9. The molecule has 4 heterocycles. The summed E-state index contributed by atoms with van der Waals surface area (Å²) in [5.41, 5.74) is 6.77. The summed E-state index contributed by atoms with van der Waals surface area (Å²) in [4.78, 5) is 40.0. The van der Waals surface area contributed by atoms with E-state index < -0.39 is 5.97 Å². The number of carbonyl (C=O) groups excluding carboxylic acids is 1. The fourth-order valence-corrected chi connectivity index (χ4v) is 5.42. The zero-order valence-electron chi connectivity index (χ0n) is 28.6. The Labute approximate surface area is 303 Å². The fraction of sp³-hybridized carbons (Fsp3) is 0.211. The molecule has 0 fully saturated rings. The summed E-state index contributed by atoms with van der Waals surface area (Å²) < 4.78 is 9.12. The van der Waals surface area contributed by atoms with Gasteiger partial charge in [0.05, 0.1) is 53.9 Å². The van der Waals surface area contributed by atoms with Crippen LogP contribution < -0.4 is 18.9 Å². The summed E-state index contributed by atoms with van der Waals surface area (Å²) in [5, 5.41) is 8.94. The van der Waals surface area contributed by atoms with Crippen LogP contribution in [0, 0.1) is 0 Å². The predicted octanol–water partition coefficient (Wildman–Crippen LogP) is 4.59. The maximum atomic E-state index is 11.7. The van der Waals surface area contributed by atoms with Gasteiger partial charge in [-0.3, -0.25) is 9.97 Å². The molecular formula is C38H39LiN6O5. The van der Waals surface area contributed by atoms with Gasteiger partial charge in [0.25, 0.3) is 0 Å². The molecule has 12 heteroatoms. The summed E-state index contributed by atoms with van der Waals surface area (Å²) >= 11 is 0. The first-order valence-corrected chi connectivity index (χ1v) is 15.9. The Bertz CT molecular complexity index is 1880. The average molecular weight is 667 g/mol. The largest absolute Gasteiger partial charge is 1.00 e. The molecule has 4 aromatic heterocycles. The van der Waals surface area contributed by atoms with Crippen LogP contribution in [0.2, 0.25) is 0 Å². The normalized spacial score (nSPS) is 11.5. The Morgan fingerprint density at radius 2 is 1.08 bits per heavy atom. The van der Waals surface area contributed by atoms with Crippen LogP contribution in [0.4, 0.5) is 0 Å². The van der Waals surface area contributed by atoms with E-state index in [1.807, 2.05) is 66.0 Å². The fourth-order valence-electron chi connectivity index (χ4n) is 5.42. The van der Waals surface area contributed by atoms with Gasteiger partial charge in [-0.1, -0.05) is 50.2 Å². The van der Waals surface area contributed by atoms with Crippen LogP contribution in [0.1, 0.15) is 77.8 Å². The number of hydrogen-bond acceptors (Lipinski definition) is 8. The third-order valence-corrected chi connectivity index (χ3v) is 7.99. The van der Waals surface area contributed by atoms with E-state index in [-0.39, 0.29) is 48.0 Å². The molecule has 0 bridgehead atoms. The first-order valence-electron chi connectivity index (χ1n) is 15.9. The Kier molecular flexibility index (Phi) is 14.9. The maximum Gasteiger partial charge on any atom is 1.00 e. The first kappa shape index (κ1) is 39.1. The number of rotatable bonds is 11. The Balaban J connectivity index is 0.000000261. The van der Waals surface area contributed by atoms with Gasteiger partial charge in [0, 0.05) is 48.3 Å². The van der Waals surface area contributed by atoms with Crippen molar-refractivity contribution in [3.8, 4) is 22.3 Å². The summed E-state index contributed by atoms with van der Waals surface area (Å²) in [6, 6.07) is 22.7. The van der Waals surface area contributed by atoms with E-state index in [9.17, 15) is 9.59 Å². The molecule has 0 radical (unpaired) electrons. The van der Waals surface area contributed by atoms with Crippen molar-refractivity contribution in [2.45, 2.75) is 45.7 Å². The van der Waals surface area contributed by atoms with Crippen molar-refractivity contribution in [2.24, 2.45) is 0 Å². The molecule has 0 aliphatic rings. The van der Waals surface area contributed by atoms with Crippen LogP contribution in [0.3, 0.4) is 0 Å². The number of nitrogens with zero attached hydrogens (tertiary/aromatic N) is 6. The molecule has 0 amide bonds. The number of carbonyl (C=O) groups is 2.